The Morgan fingerprint density at radius 1 is 1.06 bits per heavy atom. The van der Waals surface area contributed by atoms with Crippen molar-refractivity contribution in [3.8, 4) is 22.8 Å². The molecule has 2 aliphatic rings. The lowest BCUT2D eigenvalue weighted by atomic mass is 10.1. The second kappa shape index (κ2) is 9.09. The normalized spacial score (nSPS) is 17.9. The van der Waals surface area contributed by atoms with Gasteiger partial charge in [-0.3, -0.25) is 9.58 Å². The lowest BCUT2D eigenvalue weighted by Gasteiger charge is -2.27. The molecule has 0 aliphatic carbocycles. The molecule has 5 rings (SSSR count). The minimum Gasteiger partial charge on any atom is -0.454 e. The summed E-state index contributed by atoms with van der Waals surface area (Å²) in [6.45, 7) is 4.55. The highest BCUT2D eigenvalue weighted by atomic mass is 16.7. The molecule has 2 aromatic carbocycles. The van der Waals surface area contributed by atoms with Crippen molar-refractivity contribution in [2.45, 2.75) is 19.2 Å². The number of benzene rings is 2. The highest BCUT2D eigenvalue weighted by Crippen LogP contribution is 2.36. The molecule has 1 saturated heterocycles. The van der Waals surface area contributed by atoms with Gasteiger partial charge in [0.2, 0.25) is 6.79 Å². The van der Waals surface area contributed by atoms with Crippen molar-refractivity contribution in [2.24, 2.45) is 0 Å². The zero-order valence-corrected chi connectivity index (χ0v) is 17.7. The van der Waals surface area contributed by atoms with E-state index in [0.717, 1.165) is 48.0 Å². The number of hydrogen-bond donors (Lipinski definition) is 0. The van der Waals surface area contributed by atoms with Crippen LogP contribution in [-0.4, -0.2) is 61.0 Å². The molecule has 162 valence electrons. The molecule has 0 saturated carbocycles. The van der Waals surface area contributed by atoms with Crippen LogP contribution in [0.4, 0.5) is 0 Å². The minimum absolute atomic E-state index is 0.104. The predicted molar refractivity (Wildman–Crippen MR) is 116 cm³/mol. The first-order valence-corrected chi connectivity index (χ1v) is 10.6. The predicted octanol–water partition coefficient (Wildman–Crippen LogP) is 3.17. The monoisotopic (exact) mass is 421 g/mol. The Balaban J connectivity index is 1.40. The van der Waals surface area contributed by atoms with Gasteiger partial charge in [0.1, 0.15) is 0 Å². The van der Waals surface area contributed by atoms with Gasteiger partial charge in [-0.05, 0) is 30.8 Å². The van der Waals surface area contributed by atoms with E-state index in [9.17, 15) is 0 Å². The number of aromatic nitrogens is 2. The third kappa shape index (κ3) is 4.74. The summed E-state index contributed by atoms with van der Waals surface area (Å²) in [4.78, 5) is 2.26. The van der Waals surface area contributed by atoms with Crippen molar-refractivity contribution < 1.29 is 18.9 Å². The van der Waals surface area contributed by atoms with Gasteiger partial charge < -0.3 is 18.9 Å². The van der Waals surface area contributed by atoms with Crippen molar-refractivity contribution in [1.29, 1.82) is 0 Å². The highest BCUT2D eigenvalue weighted by molar-refractivity contribution is 5.67. The zero-order chi connectivity index (χ0) is 21.0. The Labute approximate surface area is 182 Å². The molecule has 7 nitrogen and oxygen atoms in total. The molecule has 31 heavy (non-hydrogen) atoms. The van der Waals surface area contributed by atoms with Crippen LogP contribution in [0.15, 0.2) is 54.7 Å². The fraction of sp³-hybridized carbons (Fsp3) is 0.375. The summed E-state index contributed by atoms with van der Waals surface area (Å²) in [5, 5.41) is 4.94. The van der Waals surface area contributed by atoms with Crippen LogP contribution in [0.3, 0.4) is 0 Å². The molecule has 0 N–H and O–H groups in total. The molecule has 1 atom stereocenters. The number of rotatable bonds is 7. The Hall–Kier alpha value is -2.87. The number of likely N-dealkylation sites (N-methyl/N-ethyl adjacent to an activating group) is 1. The molecule has 2 aliphatic heterocycles. The fourth-order valence-electron chi connectivity index (χ4n) is 4.06. The Bertz CT molecular complexity index is 1010. The molecule has 1 fully saturated rings. The van der Waals surface area contributed by atoms with Crippen molar-refractivity contribution in [3.05, 3.63) is 65.9 Å². The third-order valence-electron chi connectivity index (χ3n) is 5.51. The second-order valence-corrected chi connectivity index (χ2v) is 8.02. The number of ether oxygens (including phenoxy) is 4. The number of fused-ring (bicyclic) bond motifs is 1. The Morgan fingerprint density at radius 3 is 2.77 bits per heavy atom. The van der Waals surface area contributed by atoms with E-state index in [1.807, 2.05) is 28.9 Å². The van der Waals surface area contributed by atoms with Gasteiger partial charge in [-0.25, -0.2) is 0 Å². The summed E-state index contributed by atoms with van der Waals surface area (Å²) in [5.74, 6) is 1.54. The number of hydrogen-bond acceptors (Lipinski definition) is 6. The first-order chi connectivity index (χ1) is 15.2. The molecule has 0 bridgehead atoms. The molecule has 0 amide bonds. The summed E-state index contributed by atoms with van der Waals surface area (Å²) in [5.41, 5.74) is 4.36. The van der Waals surface area contributed by atoms with Gasteiger partial charge in [-0.2, -0.15) is 5.10 Å². The first-order valence-electron chi connectivity index (χ1n) is 10.6. The van der Waals surface area contributed by atoms with E-state index in [-0.39, 0.29) is 12.9 Å². The third-order valence-corrected chi connectivity index (χ3v) is 5.51. The largest absolute Gasteiger partial charge is 0.454 e. The highest BCUT2D eigenvalue weighted by Gasteiger charge is 2.21. The van der Waals surface area contributed by atoms with Gasteiger partial charge in [0.15, 0.2) is 11.5 Å². The lowest BCUT2D eigenvalue weighted by molar-refractivity contribution is -0.0962. The van der Waals surface area contributed by atoms with Crippen molar-refractivity contribution in [1.82, 2.24) is 14.7 Å². The zero-order valence-electron chi connectivity index (χ0n) is 17.7. The van der Waals surface area contributed by atoms with Gasteiger partial charge >= 0.3 is 0 Å². The average Bonchev–Trinajstić information content (AvgIpc) is 3.41. The van der Waals surface area contributed by atoms with E-state index in [2.05, 4.69) is 42.4 Å². The van der Waals surface area contributed by atoms with Crippen LogP contribution in [-0.2, 0) is 22.6 Å². The molecular formula is C24H27N3O4. The van der Waals surface area contributed by atoms with Gasteiger partial charge in [0.25, 0.3) is 0 Å². The van der Waals surface area contributed by atoms with Gasteiger partial charge in [-0.1, -0.05) is 30.3 Å². The SMILES string of the molecule is CN(Cc1cn(Cc2ccccc2)nc1-c1ccc2c(c1)OCO2)C[C@H]1COCCO1. The maximum atomic E-state index is 5.82. The van der Waals surface area contributed by atoms with Crippen molar-refractivity contribution in [2.75, 3.05) is 40.2 Å². The lowest BCUT2D eigenvalue weighted by Crippen LogP contribution is -2.38. The maximum absolute atomic E-state index is 5.82. The quantitative estimate of drug-likeness (QED) is 0.584. The van der Waals surface area contributed by atoms with Crippen LogP contribution >= 0.6 is 0 Å². The Morgan fingerprint density at radius 2 is 1.94 bits per heavy atom. The topological polar surface area (TPSA) is 58.0 Å². The smallest absolute Gasteiger partial charge is 0.231 e. The van der Waals surface area contributed by atoms with Crippen LogP contribution in [0.2, 0.25) is 0 Å². The molecule has 0 radical (unpaired) electrons. The van der Waals surface area contributed by atoms with E-state index >= 15 is 0 Å². The second-order valence-electron chi connectivity index (χ2n) is 8.02. The molecule has 3 aromatic rings. The molecule has 0 spiro atoms. The summed E-state index contributed by atoms with van der Waals surface area (Å²) < 4.78 is 24.4. The summed E-state index contributed by atoms with van der Waals surface area (Å²) in [6, 6.07) is 16.4. The van der Waals surface area contributed by atoms with Gasteiger partial charge in [0.05, 0.1) is 38.2 Å². The maximum Gasteiger partial charge on any atom is 0.231 e. The van der Waals surface area contributed by atoms with Crippen LogP contribution in [0.1, 0.15) is 11.1 Å². The molecule has 3 heterocycles. The molecular weight excluding hydrogens is 394 g/mol. The van der Waals surface area contributed by atoms with Crippen molar-refractivity contribution in [3.63, 3.8) is 0 Å². The summed E-state index contributed by atoms with van der Waals surface area (Å²) in [7, 11) is 2.11. The van der Waals surface area contributed by atoms with Crippen LogP contribution in [0, 0.1) is 0 Å². The summed E-state index contributed by atoms with van der Waals surface area (Å²) in [6.07, 6.45) is 2.24. The molecule has 0 unspecified atom stereocenters. The van der Waals surface area contributed by atoms with Crippen LogP contribution in [0.5, 0.6) is 11.5 Å². The van der Waals surface area contributed by atoms with Crippen LogP contribution in [0.25, 0.3) is 11.3 Å². The molecule has 7 heteroatoms. The van der Waals surface area contributed by atoms with E-state index in [0.29, 0.717) is 19.8 Å². The van der Waals surface area contributed by atoms with Crippen molar-refractivity contribution >= 4 is 0 Å². The average molecular weight is 421 g/mol. The molecule has 1 aromatic heterocycles. The fourth-order valence-corrected chi connectivity index (χ4v) is 4.06. The Kier molecular flexibility index (Phi) is 5.88. The van der Waals surface area contributed by atoms with E-state index in [1.165, 1.54) is 5.56 Å². The van der Waals surface area contributed by atoms with Gasteiger partial charge in [-0.15, -0.1) is 0 Å². The first kappa shape index (κ1) is 20.1. The van der Waals surface area contributed by atoms with E-state index in [4.69, 9.17) is 24.0 Å². The minimum atomic E-state index is 0.104. The standard InChI is InChI=1S/C24H27N3O4/c1-26(15-21-16-28-9-10-29-21)13-20-14-27(12-18-5-3-2-4-6-18)25-24(20)19-7-8-22-23(11-19)31-17-30-22/h2-8,11,14,21H,9-10,12-13,15-17H2,1H3/t21-/m0/s1. The number of nitrogens with zero attached hydrogens (tertiary/aromatic N) is 3. The summed E-state index contributed by atoms with van der Waals surface area (Å²) >= 11 is 0. The van der Waals surface area contributed by atoms with Gasteiger partial charge in [0, 0.05) is 30.4 Å². The van der Waals surface area contributed by atoms with E-state index in [1.54, 1.807) is 0 Å². The van der Waals surface area contributed by atoms with E-state index < -0.39 is 0 Å². The van der Waals surface area contributed by atoms with Crippen LogP contribution < -0.4 is 9.47 Å².